The van der Waals surface area contributed by atoms with E-state index in [-0.39, 0.29) is 109 Å². The number of carbonyl (C=O) groups is 10. The van der Waals surface area contributed by atoms with E-state index >= 15 is 0 Å². The Labute approximate surface area is 587 Å². The van der Waals surface area contributed by atoms with Crippen LogP contribution in [0.4, 0.5) is 5.69 Å². The van der Waals surface area contributed by atoms with Crippen LogP contribution in [0.25, 0.3) is 0 Å². The number of nitrogens with two attached hydrogens (primary N) is 1. The van der Waals surface area contributed by atoms with Crippen molar-refractivity contribution in [3.63, 3.8) is 0 Å². The van der Waals surface area contributed by atoms with E-state index in [1.807, 2.05) is 121 Å². The highest BCUT2D eigenvalue weighted by molar-refractivity contribution is 6.03. The predicted octanol–water partition coefficient (Wildman–Crippen LogP) is 6.86. The molecule has 3 aromatic carbocycles. The zero-order valence-corrected chi connectivity index (χ0v) is 61.4. The molecule has 0 radical (unpaired) electrons. The van der Waals surface area contributed by atoms with Crippen LogP contribution >= 0.6 is 0 Å². The molecule has 0 aromatic heterocycles. The fourth-order valence-electron chi connectivity index (χ4n) is 13.1. The van der Waals surface area contributed by atoms with Gasteiger partial charge in [-0.2, -0.15) is 0 Å². The third-order valence-corrected chi connectivity index (χ3v) is 18.9. The van der Waals surface area contributed by atoms with Crippen LogP contribution in [0.2, 0.25) is 0 Å². The van der Waals surface area contributed by atoms with Crippen molar-refractivity contribution in [3.8, 4) is 0 Å². The van der Waals surface area contributed by atoms with Crippen LogP contribution in [0.3, 0.4) is 0 Å². The first-order valence-electron chi connectivity index (χ1n) is 35.3. The molecular weight excluding hydrogens is 1260 g/mol. The van der Waals surface area contributed by atoms with Crippen molar-refractivity contribution in [2.24, 2.45) is 35.3 Å². The average Bonchev–Trinajstić information content (AvgIpc) is 1.80. The number of ether oxygens (including phenoxy) is 3. The van der Waals surface area contributed by atoms with E-state index in [1.165, 1.54) is 11.8 Å². The average molecular weight is 1380 g/mol. The summed E-state index contributed by atoms with van der Waals surface area (Å²) in [7, 11) is 8.57. The molecule has 2 aliphatic heterocycles. The van der Waals surface area contributed by atoms with Gasteiger partial charge in [0.05, 0.1) is 54.8 Å². The minimum absolute atomic E-state index is 0.0153. The molecule has 0 spiro atoms. The molecule has 99 heavy (non-hydrogen) atoms. The van der Waals surface area contributed by atoms with E-state index in [0.717, 1.165) is 24.0 Å². The Balaban J connectivity index is 0.000000422. The quantitative estimate of drug-likeness (QED) is 0.0174. The summed E-state index contributed by atoms with van der Waals surface area (Å²) >= 11 is 0. The molecule has 2 unspecified atom stereocenters. The van der Waals surface area contributed by atoms with E-state index in [9.17, 15) is 53.1 Å². The van der Waals surface area contributed by atoms with Crippen molar-refractivity contribution >= 4 is 64.8 Å². The first kappa shape index (κ1) is 83.8. The molecule has 24 nitrogen and oxygen atoms in total. The highest BCUT2D eigenvalue weighted by Gasteiger charge is 2.44. The number of anilines is 1. The van der Waals surface area contributed by atoms with E-state index in [2.05, 4.69) is 26.6 Å². The molecule has 24 heteroatoms. The molecule has 2 saturated heterocycles. The molecule has 2 heterocycles. The zero-order valence-electron chi connectivity index (χ0n) is 61.4. The summed E-state index contributed by atoms with van der Waals surface area (Å²) in [6.45, 7) is 19.9. The van der Waals surface area contributed by atoms with Gasteiger partial charge in [-0.1, -0.05) is 141 Å². The van der Waals surface area contributed by atoms with Crippen molar-refractivity contribution in [3.05, 3.63) is 102 Å². The predicted molar refractivity (Wildman–Crippen MR) is 381 cm³/mol. The van der Waals surface area contributed by atoms with Crippen LogP contribution in [0.5, 0.6) is 0 Å². The number of carbonyl (C=O) groups excluding carboxylic acids is 10. The second-order valence-corrected chi connectivity index (χ2v) is 27.5. The van der Waals surface area contributed by atoms with E-state index in [0.29, 0.717) is 75.8 Å². The molecule has 2 fully saturated rings. The number of nitrogens with zero attached hydrogens (tertiary/aromatic N) is 4. The Hall–Kier alpha value is -7.64. The number of amides is 9. The molecule has 0 aliphatic carbocycles. The first-order valence-corrected chi connectivity index (χ1v) is 35.3. The molecular formula is C75H116N10O14. The molecule has 3 aromatic rings. The molecule has 9 amide bonds. The number of benzene rings is 3. The maximum Gasteiger partial charge on any atom is 0.302 e. The van der Waals surface area contributed by atoms with Crippen LogP contribution in [0.1, 0.15) is 169 Å². The minimum Gasteiger partial charge on any atom is -0.461 e. The zero-order chi connectivity index (χ0) is 73.6. The minimum atomic E-state index is -0.920. The summed E-state index contributed by atoms with van der Waals surface area (Å²) in [6, 6.07) is 21.1. The lowest BCUT2D eigenvalue weighted by atomic mass is 9.89. The number of unbranched alkanes of at least 4 members (excludes halogenated alkanes) is 3. The number of likely N-dealkylation sites (N-methyl/N-ethyl adjacent to an activating group) is 2. The molecule has 13 atom stereocenters. The molecule has 0 saturated carbocycles. The molecule has 5 rings (SSSR count). The van der Waals surface area contributed by atoms with Crippen molar-refractivity contribution < 1.29 is 67.3 Å². The maximum atomic E-state index is 14.2. The Morgan fingerprint density at radius 1 is 0.717 bits per heavy atom. The van der Waals surface area contributed by atoms with E-state index < -0.39 is 72.3 Å². The summed E-state index contributed by atoms with van der Waals surface area (Å²) in [5, 5.41) is 25.3. The van der Waals surface area contributed by atoms with Crippen molar-refractivity contribution in [1.82, 2.24) is 40.9 Å². The number of hydrogen-bond donors (Lipinski definition) is 7. The fraction of sp³-hybridized carbons (Fsp3) is 0.627. The Kier molecular flexibility index (Phi) is 35.9. The molecule has 0 bridgehead atoms. The van der Waals surface area contributed by atoms with Gasteiger partial charge < -0.3 is 61.4 Å². The summed E-state index contributed by atoms with van der Waals surface area (Å²) in [5.41, 5.74) is 8.51. The summed E-state index contributed by atoms with van der Waals surface area (Å²) in [4.78, 5) is 137. The third-order valence-electron chi connectivity index (χ3n) is 18.9. The third kappa shape index (κ3) is 26.1. The van der Waals surface area contributed by atoms with Crippen molar-refractivity contribution in [2.45, 2.75) is 220 Å². The van der Waals surface area contributed by atoms with Crippen molar-refractivity contribution in [2.75, 3.05) is 60.3 Å². The van der Waals surface area contributed by atoms with Crippen molar-refractivity contribution in [1.29, 1.82) is 0 Å². The Morgan fingerprint density at radius 3 is 1.92 bits per heavy atom. The second-order valence-electron chi connectivity index (χ2n) is 27.5. The number of rotatable bonds is 39. The van der Waals surface area contributed by atoms with Gasteiger partial charge in [0.1, 0.15) is 24.7 Å². The van der Waals surface area contributed by atoms with Crippen LogP contribution in [0.15, 0.2) is 84.9 Å². The number of methoxy groups -OCH3 is 2. The highest BCUT2D eigenvalue weighted by atomic mass is 16.5. The van der Waals surface area contributed by atoms with Gasteiger partial charge in [0, 0.05) is 72.1 Å². The summed E-state index contributed by atoms with van der Waals surface area (Å²) < 4.78 is 16.9. The first-order chi connectivity index (χ1) is 47.0. The van der Waals surface area contributed by atoms with Gasteiger partial charge in [0.15, 0.2) is 0 Å². The molecule has 8 N–H and O–H groups in total. The van der Waals surface area contributed by atoms with Crippen LogP contribution in [-0.4, -0.2) is 193 Å². The normalized spacial score (nSPS) is 17.9. The van der Waals surface area contributed by atoms with E-state index in [1.54, 1.807) is 76.1 Å². The number of likely N-dealkylation sites (tertiary alicyclic amines) is 2. The van der Waals surface area contributed by atoms with Gasteiger partial charge in [-0.3, -0.25) is 57.7 Å². The molecule has 2 aliphatic rings. The fourth-order valence-corrected chi connectivity index (χ4v) is 13.1. The number of nitrogens with one attached hydrogen (secondary N) is 5. The van der Waals surface area contributed by atoms with Gasteiger partial charge in [-0.15, -0.1) is 0 Å². The van der Waals surface area contributed by atoms with Crippen LogP contribution in [0, 0.1) is 29.6 Å². The van der Waals surface area contributed by atoms with Crippen LogP contribution in [-0.2, 0) is 75.2 Å². The smallest absolute Gasteiger partial charge is 0.302 e. The summed E-state index contributed by atoms with van der Waals surface area (Å²) in [6.07, 6.45) is 4.20. The van der Waals surface area contributed by atoms with Gasteiger partial charge in [-0.25, -0.2) is 0 Å². The topological polar surface area (TPSA) is 318 Å². The lowest BCUT2D eigenvalue weighted by Gasteiger charge is -2.41. The van der Waals surface area contributed by atoms with Gasteiger partial charge in [0.2, 0.25) is 53.2 Å². The maximum absolute atomic E-state index is 14.2. The van der Waals surface area contributed by atoms with Gasteiger partial charge in [0.25, 0.3) is 0 Å². The highest BCUT2D eigenvalue weighted by Crippen LogP contribution is 2.31. The van der Waals surface area contributed by atoms with E-state index in [4.69, 9.17) is 19.9 Å². The summed E-state index contributed by atoms with van der Waals surface area (Å²) in [5.74, 6) is -3.72. The number of imide groups is 1. The van der Waals surface area contributed by atoms with Crippen LogP contribution < -0.4 is 32.3 Å². The van der Waals surface area contributed by atoms with Gasteiger partial charge >= 0.3 is 5.97 Å². The number of aliphatic hydroxyl groups excluding tert-OH is 1. The monoisotopic (exact) mass is 1380 g/mol. The number of aliphatic hydroxyl groups is 1. The number of esters is 1. The Morgan fingerprint density at radius 2 is 1.36 bits per heavy atom. The largest absolute Gasteiger partial charge is 0.461 e. The molecule has 550 valence electrons. The van der Waals surface area contributed by atoms with Gasteiger partial charge in [-0.05, 0) is 119 Å². The lowest BCUT2D eigenvalue weighted by Crippen LogP contribution is -2.59. The lowest BCUT2D eigenvalue weighted by molar-refractivity contribution is -0.148. The second kappa shape index (κ2) is 42.5. The SMILES string of the molecule is CC(=O)OCc1ccc(NC(=O)[C@H](CCCCN)NC(=O)[C@H](Cc2ccccc2)NC(=O)CCCCCN2C(=O)CC(C)C2=O)cc1.CC[C@H](C)[C@@H]([C@@H](CC(=O)N1CCC[C@H]1[C@H](OC)[C@@H](C)C(=O)N[C@H](C)[C@@H](O)c1ccccc1)OC)N(C)C(=O)[C@@H](NC(=O)C(C(C)C)N(C)C)C(C)C. The Bertz CT molecular complexity index is 3040. The number of hydrogen-bond acceptors (Lipinski definition) is 16. The standard InChI is InChI=1S/C40H69N5O7.C35H47N5O7/c1-14-26(6)35(44(11)40(50)33(24(2)3)42-39(49)34(25(4)5)43(9)10)31(51-12)23-32(46)45-22-18-21-30(45)37(52-13)27(7)38(48)41-28(8)36(47)29-19-16-15-17-20-29;1-24-21-32(43)40(35(24)46)20-10-4-7-14-31(42)38-30(22-26-11-5-3-6-12-26)34(45)39-29(13-8-9-19-36)33(44)37-28-17-15-27(16-18-28)23-47-25(2)41/h15-17,19-20,24-28,30-31,33-37,47H,14,18,21-23H2,1-13H3,(H,41,48)(H,42,49);3,5-6,11-12,15-18,24,29-30H,4,7-10,13-14,19-23,36H2,1-2H3,(H,37,44)(H,38,42)(H,39,45)/t26-,27+,28+,30-,31+,33-,34?,35-,36+,37+;24?,29-,30-/m00/s1.